The average molecular weight is 828 g/mol. The smallest absolute Gasteiger partial charge is 0.263 e. The van der Waals surface area contributed by atoms with Gasteiger partial charge in [0.1, 0.15) is 16.7 Å². The number of anilines is 1. The highest BCUT2D eigenvalue weighted by Crippen LogP contribution is 2.45. The zero-order chi connectivity index (χ0) is 41.1. The first-order valence-corrected chi connectivity index (χ1v) is 23.2. The predicted octanol–water partition coefficient (Wildman–Crippen LogP) is 8.38. The van der Waals surface area contributed by atoms with E-state index in [4.69, 9.17) is 21.1 Å². The number of allylic oxidation sites excluding steroid dienone is 1. The minimum Gasteiger partial charge on any atom is -0.491 e. The molecule has 2 bridgehead atoms. The molecule has 57 heavy (non-hydrogen) atoms. The maximum absolute atomic E-state index is 13.9. The Kier molecular flexibility index (Phi) is 17.8. The summed E-state index contributed by atoms with van der Waals surface area (Å²) in [6.07, 6.45) is 10.7. The second kappa shape index (κ2) is 22.2. The molecule has 2 aromatic rings. The summed E-state index contributed by atoms with van der Waals surface area (Å²) in [5, 5.41) is 0.540. The lowest BCUT2D eigenvalue weighted by atomic mass is 9.66. The summed E-state index contributed by atoms with van der Waals surface area (Å²) in [5.41, 5.74) is 4.03. The van der Waals surface area contributed by atoms with Crippen molar-refractivity contribution in [2.45, 2.75) is 103 Å². The summed E-state index contributed by atoms with van der Waals surface area (Å²) in [5.74, 6) is 2.26. The van der Waals surface area contributed by atoms with Crippen LogP contribution in [0.1, 0.15) is 101 Å². The van der Waals surface area contributed by atoms with E-state index in [2.05, 4.69) is 83.1 Å². The SMILES string of the molecule is CCCc1cc(Cl)ccc1C1COc2ccc3cc2N(C1)CC1CCC1C(CN1CCN(C(C)C)C(C)C1)/C=C/CC(C)C(CCOC)S(=O)NC3=O.CCOC. The molecule has 0 aromatic heterocycles. The molecular formula is C46H71ClN4O5S. The molecule has 8 atom stereocenters. The summed E-state index contributed by atoms with van der Waals surface area (Å²) >= 11 is 6.51. The van der Waals surface area contributed by atoms with E-state index >= 15 is 0 Å². The van der Waals surface area contributed by atoms with E-state index in [9.17, 15) is 9.00 Å². The van der Waals surface area contributed by atoms with Gasteiger partial charge in [0.25, 0.3) is 5.91 Å². The normalized spacial score (nSPS) is 29.2. The quantitative estimate of drug-likeness (QED) is 0.240. The Hall–Kier alpha value is -2.47. The number of carbonyl (C=O) groups excluding carboxylic acids is 1. The van der Waals surface area contributed by atoms with Crippen LogP contribution in [0.4, 0.5) is 5.69 Å². The molecule has 318 valence electrons. The van der Waals surface area contributed by atoms with Gasteiger partial charge in [0.2, 0.25) is 0 Å². The van der Waals surface area contributed by atoms with Gasteiger partial charge in [-0.05, 0) is 125 Å². The van der Waals surface area contributed by atoms with Crippen LogP contribution < -0.4 is 14.4 Å². The van der Waals surface area contributed by atoms with Crippen molar-refractivity contribution in [2.24, 2.45) is 23.7 Å². The van der Waals surface area contributed by atoms with Crippen LogP contribution in [0.5, 0.6) is 5.75 Å². The fourth-order valence-corrected chi connectivity index (χ4v) is 10.9. The van der Waals surface area contributed by atoms with Gasteiger partial charge in [0, 0.05) is 95.3 Å². The lowest BCUT2D eigenvalue weighted by molar-refractivity contribution is 0.0360. The Morgan fingerprint density at radius 2 is 1.81 bits per heavy atom. The number of benzene rings is 2. The molecule has 11 heteroatoms. The van der Waals surface area contributed by atoms with Gasteiger partial charge in [0.15, 0.2) is 0 Å². The van der Waals surface area contributed by atoms with Crippen LogP contribution in [0.2, 0.25) is 5.02 Å². The van der Waals surface area contributed by atoms with Gasteiger partial charge in [-0.25, -0.2) is 4.21 Å². The molecule has 3 aliphatic heterocycles. The van der Waals surface area contributed by atoms with Crippen molar-refractivity contribution in [3.8, 4) is 5.75 Å². The lowest BCUT2D eigenvalue weighted by Gasteiger charge is -2.47. The molecule has 8 unspecified atom stereocenters. The fourth-order valence-electron chi connectivity index (χ4n) is 9.42. The van der Waals surface area contributed by atoms with E-state index in [-0.39, 0.29) is 23.0 Å². The van der Waals surface area contributed by atoms with Crippen molar-refractivity contribution < 1.29 is 23.2 Å². The standard InChI is InChI=1S/C43H63ClN4O4S.C3H8O/c1-7-9-32-22-37(44)14-16-38(32)36-27-47-26-35-12-15-39(35)34(25-46-19-20-48(29(2)3)31(5)24-46)11-8-10-30(4)42(18-21-51-6)53(50)45-43(49)33-13-17-41(52-28-36)40(47)23-33;1-3-4-2/h8,11,13-14,16-17,22-23,29-31,34-36,39,42H,7,9-10,12,15,18-21,24-28H2,1-6H3,(H,45,49);3H2,1-2H3/b11-8+;. The first-order valence-electron chi connectivity index (χ1n) is 21.6. The Labute approximate surface area is 351 Å². The van der Waals surface area contributed by atoms with Gasteiger partial charge in [-0.3, -0.25) is 19.3 Å². The van der Waals surface area contributed by atoms with Gasteiger partial charge >= 0.3 is 0 Å². The number of amides is 1. The Morgan fingerprint density at radius 1 is 1.02 bits per heavy atom. The Balaban J connectivity index is 0.00000148. The van der Waals surface area contributed by atoms with Crippen molar-refractivity contribution >= 4 is 34.2 Å². The highest BCUT2D eigenvalue weighted by molar-refractivity contribution is 7.84. The number of piperazine rings is 1. The van der Waals surface area contributed by atoms with Crippen LogP contribution in [0, 0.1) is 23.7 Å². The largest absolute Gasteiger partial charge is 0.491 e. The van der Waals surface area contributed by atoms with Crippen molar-refractivity contribution in [1.82, 2.24) is 14.5 Å². The van der Waals surface area contributed by atoms with E-state index < -0.39 is 11.0 Å². The topological polar surface area (TPSA) is 83.6 Å². The molecule has 1 saturated heterocycles. The maximum Gasteiger partial charge on any atom is 0.263 e. The zero-order valence-corrected chi connectivity index (χ0v) is 37.6. The third-order valence-corrected chi connectivity index (χ3v) is 14.6. The third-order valence-electron chi connectivity index (χ3n) is 12.8. The van der Waals surface area contributed by atoms with Crippen molar-refractivity contribution in [3.63, 3.8) is 0 Å². The molecule has 1 aliphatic carbocycles. The van der Waals surface area contributed by atoms with Crippen LogP contribution in [0.15, 0.2) is 48.6 Å². The van der Waals surface area contributed by atoms with Crippen LogP contribution in [0.3, 0.4) is 0 Å². The molecule has 2 aromatic carbocycles. The molecule has 0 spiro atoms. The Bertz CT molecular complexity index is 1640. The molecule has 1 amide bonds. The summed E-state index contributed by atoms with van der Waals surface area (Å²) in [7, 11) is 1.78. The van der Waals surface area contributed by atoms with Crippen LogP contribution in [-0.2, 0) is 26.9 Å². The molecular weight excluding hydrogens is 756 g/mol. The van der Waals surface area contributed by atoms with Crippen molar-refractivity contribution in [1.29, 1.82) is 0 Å². The number of hydrogen-bond acceptors (Lipinski definition) is 8. The molecule has 0 radical (unpaired) electrons. The molecule has 6 rings (SSSR count). The summed E-state index contributed by atoms with van der Waals surface area (Å²) in [6.45, 7) is 21.3. The van der Waals surface area contributed by atoms with Gasteiger partial charge < -0.3 is 19.1 Å². The molecule has 4 aliphatic rings. The van der Waals surface area contributed by atoms with Gasteiger partial charge in [-0.2, -0.15) is 0 Å². The number of nitrogens with one attached hydrogen (secondary N) is 1. The minimum atomic E-state index is -1.57. The van der Waals surface area contributed by atoms with Gasteiger partial charge in [-0.15, -0.1) is 0 Å². The first kappa shape index (κ1) is 45.6. The zero-order valence-electron chi connectivity index (χ0n) is 36.0. The monoisotopic (exact) mass is 826 g/mol. The molecule has 9 nitrogen and oxygen atoms in total. The highest BCUT2D eigenvalue weighted by atomic mass is 35.5. The number of ether oxygens (including phenoxy) is 3. The number of aryl methyl sites for hydroxylation is 1. The van der Waals surface area contributed by atoms with E-state index in [1.807, 2.05) is 31.2 Å². The second-order valence-electron chi connectivity index (χ2n) is 17.1. The number of fused-ring (bicyclic) bond motifs is 2. The average Bonchev–Trinajstić information content (AvgIpc) is 3.35. The summed E-state index contributed by atoms with van der Waals surface area (Å²) in [4.78, 5) is 21.6. The first-order chi connectivity index (χ1) is 27.5. The fraction of sp³-hybridized carbons (Fsp3) is 0.674. The number of rotatable bonds is 10. The van der Waals surface area contributed by atoms with Crippen LogP contribution in [0.25, 0.3) is 0 Å². The lowest BCUT2D eigenvalue weighted by Crippen LogP contribution is -2.55. The Morgan fingerprint density at radius 3 is 2.47 bits per heavy atom. The number of halogens is 1. The predicted molar refractivity (Wildman–Crippen MR) is 236 cm³/mol. The highest BCUT2D eigenvalue weighted by Gasteiger charge is 2.40. The van der Waals surface area contributed by atoms with E-state index in [1.54, 1.807) is 14.2 Å². The van der Waals surface area contributed by atoms with Crippen LogP contribution >= 0.6 is 11.6 Å². The maximum atomic E-state index is 13.9. The molecule has 3 heterocycles. The van der Waals surface area contributed by atoms with Gasteiger partial charge in [-0.1, -0.05) is 50.1 Å². The van der Waals surface area contributed by atoms with E-state index in [1.165, 1.54) is 24.0 Å². The van der Waals surface area contributed by atoms with Crippen molar-refractivity contribution in [3.05, 3.63) is 70.3 Å². The van der Waals surface area contributed by atoms with Crippen LogP contribution in [-0.4, -0.2) is 111 Å². The second-order valence-corrected chi connectivity index (χ2v) is 18.9. The minimum absolute atomic E-state index is 0.112. The number of methoxy groups -OCH3 is 2. The summed E-state index contributed by atoms with van der Waals surface area (Å²) < 4.78 is 33.3. The van der Waals surface area contributed by atoms with Gasteiger partial charge in [0.05, 0.1) is 17.5 Å². The number of nitrogens with zero attached hydrogens (tertiary/aromatic N) is 3. The van der Waals surface area contributed by atoms with E-state index in [0.717, 1.165) is 81.6 Å². The van der Waals surface area contributed by atoms with Crippen molar-refractivity contribution in [2.75, 3.05) is 78.2 Å². The molecule has 1 saturated carbocycles. The molecule has 1 N–H and O–H groups in total. The summed E-state index contributed by atoms with van der Waals surface area (Å²) in [6, 6.07) is 13.1. The number of carbonyl (C=O) groups is 1. The molecule has 2 fully saturated rings. The number of hydrogen-bond donors (Lipinski definition) is 1. The van der Waals surface area contributed by atoms with E-state index in [0.29, 0.717) is 55.0 Å². The third kappa shape index (κ3) is 12.1.